The molecule has 0 saturated carbocycles. The summed E-state index contributed by atoms with van der Waals surface area (Å²) in [4.78, 5) is 8.40. The molecule has 0 aliphatic heterocycles. The molecule has 0 spiro atoms. The first-order chi connectivity index (χ1) is 6.81. The van der Waals surface area contributed by atoms with Crippen LogP contribution >= 0.6 is 0 Å². The molecule has 2 aromatic rings. The van der Waals surface area contributed by atoms with Crippen molar-refractivity contribution in [1.82, 2.24) is 14.5 Å². The van der Waals surface area contributed by atoms with Crippen molar-refractivity contribution in [3.8, 4) is 5.82 Å². The Hall–Kier alpha value is -1.68. The average molecular weight is 188 g/mol. The summed E-state index contributed by atoms with van der Waals surface area (Å²) < 4.78 is 1.90. The summed E-state index contributed by atoms with van der Waals surface area (Å²) in [6.45, 7) is 2.45. The fourth-order valence-corrected chi connectivity index (χ4v) is 1.35. The van der Waals surface area contributed by atoms with Gasteiger partial charge in [0.15, 0.2) is 0 Å². The van der Waals surface area contributed by atoms with Crippen molar-refractivity contribution in [2.24, 2.45) is 5.73 Å². The minimum Gasteiger partial charge on any atom is -0.324 e. The Morgan fingerprint density at radius 1 is 1.36 bits per heavy atom. The number of imidazole rings is 1. The van der Waals surface area contributed by atoms with Crippen molar-refractivity contribution >= 4 is 0 Å². The fourth-order valence-electron chi connectivity index (χ4n) is 1.35. The maximum Gasteiger partial charge on any atom is 0.138 e. The van der Waals surface area contributed by atoms with Gasteiger partial charge in [-0.05, 0) is 24.6 Å². The van der Waals surface area contributed by atoms with Crippen molar-refractivity contribution in [2.75, 3.05) is 0 Å². The SMILES string of the molecule is Cc1ccnc(-n2ccnc2CN)c1. The number of aryl methyl sites for hydroxylation is 1. The Labute approximate surface area is 82.4 Å². The third-order valence-electron chi connectivity index (χ3n) is 2.05. The number of hydrogen-bond acceptors (Lipinski definition) is 3. The van der Waals surface area contributed by atoms with Crippen molar-refractivity contribution in [1.29, 1.82) is 0 Å². The van der Waals surface area contributed by atoms with E-state index in [4.69, 9.17) is 5.73 Å². The molecule has 2 heterocycles. The second-order valence-corrected chi connectivity index (χ2v) is 3.11. The van der Waals surface area contributed by atoms with Crippen molar-refractivity contribution < 1.29 is 0 Å². The van der Waals surface area contributed by atoms with Crippen LogP contribution < -0.4 is 5.73 Å². The van der Waals surface area contributed by atoms with E-state index in [0.29, 0.717) is 6.54 Å². The smallest absolute Gasteiger partial charge is 0.138 e. The molecular formula is C10H12N4. The van der Waals surface area contributed by atoms with Gasteiger partial charge in [0.2, 0.25) is 0 Å². The molecule has 0 unspecified atom stereocenters. The lowest BCUT2D eigenvalue weighted by Crippen LogP contribution is -2.07. The molecule has 0 fully saturated rings. The van der Waals surface area contributed by atoms with Gasteiger partial charge in [-0.1, -0.05) is 0 Å². The predicted octanol–water partition coefficient (Wildman–Crippen LogP) is 1.03. The summed E-state index contributed by atoms with van der Waals surface area (Å²) in [5.41, 5.74) is 6.73. The summed E-state index contributed by atoms with van der Waals surface area (Å²) >= 11 is 0. The van der Waals surface area contributed by atoms with Crippen molar-refractivity contribution in [2.45, 2.75) is 13.5 Å². The fraction of sp³-hybridized carbons (Fsp3) is 0.200. The van der Waals surface area contributed by atoms with Gasteiger partial charge in [0.1, 0.15) is 11.6 Å². The summed E-state index contributed by atoms with van der Waals surface area (Å²) in [6, 6.07) is 3.96. The van der Waals surface area contributed by atoms with Crippen LogP contribution in [0, 0.1) is 6.92 Å². The Balaban J connectivity index is 2.49. The van der Waals surface area contributed by atoms with E-state index in [1.165, 1.54) is 5.56 Å². The van der Waals surface area contributed by atoms with Gasteiger partial charge in [-0.15, -0.1) is 0 Å². The molecule has 0 atom stereocenters. The Bertz CT molecular complexity index is 433. The Morgan fingerprint density at radius 3 is 2.93 bits per heavy atom. The highest BCUT2D eigenvalue weighted by Gasteiger charge is 2.03. The number of nitrogens with zero attached hydrogens (tertiary/aromatic N) is 3. The van der Waals surface area contributed by atoms with E-state index in [1.807, 2.05) is 29.8 Å². The molecule has 0 bridgehead atoms. The summed E-state index contributed by atoms with van der Waals surface area (Å²) in [5, 5.41) is 0. The van der Waals surface area contributed by atoms with Gasteiger partial charge in [-0.2, -0.15) is 0 Å². The van der Waals surface area contributed by atoms with Crippen LogP contribution in [0.25, 0.3) is 5.82 Å². The van der Waals surface area contributed by atoms with Crippen LogP contribution in [-0.2, 0) is 6.54 Å². The maximum absolute atomic E-state index is 5.56. The molecule has 2 aromatic heterocycles. The zero-order valence-electron chi connectivity index (χ0n) is 8.01. The summed E-state index contributed by atoms with van der Waals surface area (Å²) in [6.07, 6.45) is 5.38. The second kappa shape index (κ2) is 3.59. The molecule has 0 aliphatic rings. The van der Waals surface area contributed by atoms with Crippen molar-refractivity contribution in [3.05, 3.63) is 42.1 Å². The van der Waals surface area contributed by atoms with Gasteiger partial charge >= 0.3 is 0 Å². The molecule has 0 aromatic carbocycles. The normalized spacial score (nSPS) is 10.4. The van der Waals surface area contributed by atoms with E-state index in [1.54, 1.807) is 12.4 Å². The van der Waals surface area contributed by atoms with Gasteiger partial charge in [-0.25, -0.2) is 9.97 Å². The van der Waals surface area contributed by atoms with Gasteiger partial charge in [0.25, 0.3) is 0 Å². The minimum atomic E-state index is 0.419. The van der Waals surface area contributed by atoms with Gasteiger partial charge in [0, 0.05) is 18.6 Å². The highest BCUT2D eigenvalue weighted by atomic mass is 15.1. The van der Waals surface area contributed by atoms with Gasteiger partial charge in [-0.3, -0.25) is 4.57 Å². The minimum absolute atomic E-state index is 0.419. The third-order valence-corrected chi connectivity index (χ3v) is 2.05. The van der Waals surface area contributed by atoms with E-state index >= 15 is 0 Å². The molecule has 2 N–H and O–H groups in total. The molecule has 14 heavy (non-hydrogen) atoms. The van der Waals surface area contributed by atoms with Crippen LogP contribution in [0.4, 0.5) is 0 Å². The van der Waals surface area contributed by atoms with E-state index < -0.39 is 0 Å². The quantitative estimate of drug-likeness (QED) is 0.766. The third kappa shape index (κ3) is 1.52. The number of nitrogens with two attached hydrogens (primary N) is 1. The van der Waals surface area contributed by atoms with E-state index in [0.717, 1.165) is 11.6 Å². The lowest BCUT2D eigenvalue weighted by Gasteiger charge is -2.05. The standard InChI is InChI=1S/C10H12N4/c1-8-2-3-12-9(6-8)14-5-4-13-10(14)7-11/h2-6H,7,11H2,1H3. The van der Waals surface area contributed by atoms with Crippen molar-refractivity contribution in [3.63, 3.8) is 0 Å². The first-order valence-corrected chi connectivity index (χ1v) is 4.46. The molecule has 72 valence electrons. The average Bonchev–Trinajstić information content (AvgIpc) is 2.65. The molecule has 0 amide bonds. The monoisotopic (exact) mass is 188 g/mol. The van der Waals surface area contributed by atoms with E-state index in [2.05, 4.69) is 9.97 Å². The van der Waals surface area contributed by atoms with Gasteiger partial charge < -0.3 is 5.73 Å². The zero-order valence-corrected chi connectivity index (χ0v) is 8.01. The highest BCUT2D eigenvalue weighted by Crippen LogP contribution is 2.08. The lowest BCUT2D eigenvalue weighted by molar-refractivity contribution is 0.847. The molecule has 0 aliphatic carbocycles. The van der Waals surface area contributed by atoms with Gasteiger partial charge in [0.05, 0.1) is 6.54 Å². The second-order valence-electron chi connectivity index (χ2n) is 3.11. The topological polar surface area (TPSA) is 56.7 Å². The Morgan fingerprint density at radius 2 is 2.21 bits per heavy atom. The van der Waals surface area contributed by atoms with Crippen LogP contribution in [0.5, 0.6) is 0 Å². The van der Waals surface area contributed by atoms with E-state index in [9.17, 15) is 0 Å². The van der Waals surface area contributed by atoms with E-state index in [-0.39, 0.29) is 0 Å². The molecule has 4 nitrogen and oxygen atoms in total. The van der Waals surface area contributed by atoms with Crippen LogP contribution in [0.1, 0.15) is 11.4 Å². The first-order valence-electron chi connectivity index (χ1n) is 4.46. The summed E-state index contributed by atoms with van der Waals surface area (Å²) in [7, 11) is 0. The number of rotatable bonds is 2. The van der Waals surface area contributed by atoms with Crippen LogP contribution in [0.15, 0.2) is 30.7 Å². The molecule has 2 rings (SSSR count). The largest absolute Gasteiger partial charge is 0.324 e. The highest BCUT2D eigenvalue weighted by molar-refractivity contribution is 5.28. The predicted molar refractivity (Wildman–Crippen MR) is 54.0 cm³/mol. The zero-order chi connectivity index (χ0) is 9.97. The van der Waals surface area contributed by atoms with Crippen LogP contribution in [0.2, 0.25) is 0 Å². The number of hydrogen-bond donors (Lipinski definition) is 1. The van der Waals surface area contributed by atoms with Crippen LogP contribution in [0.3, 0.4) is 0 Å². The molecule has 4 heteroatoms. The summed E-state index contributed by atoms with van der Waals surface area (Å²) in [5.74, 6) is 1.69. The number of pyridine rings is 1. The maximum atomic E-state index is 5.56. The molecule has 0 saturated heterocycles. The lowest BCUT2D eigenvalue weighted by atomic mass is 10.3. The first kappa shape index (κ1) is 8.90. The molecular weight excluding hydrogens is 176 g/mol. The van der Waals surface area contributed by atoms with Crippen LogP contribution in [-0.4, -0.2) is 14.5 Å². The Kier molecular flexibility index (Phi) is 2.28. The molecule has 0 radical (unpaired) electrons. The number of aromatic nitrogens is 3.